The van der Waals surface area contributed by atoms with Gasteiger partial charge in [0.05, 0.1) is 5.69 Å². The van der Waals surface area contributed by atoms with Gasteiger partial charge < -0.3 is 4.90 Å². The second kappa shape index (κ2) is 5.21. The van der Waals surface area contributed by atoms with Gasteiger partial charge in [0.25, 0.3) is 0 Å². The van der Waals surface area contributed by atoms with Crippen LogP contribution in [-0.2, 0) is 5.33 Å². The molecule has 98 valence electrons. The Morgan fingerprint density at radius 1 is 1.56 bits per heavy atom. The summed E-state index contributed by atoms with van der Waals surface area (Å²) in [6.07, 6.45) is 6.08. The second-order valence-corrected chi connectivity index (χ2v) is 6.39. The Labute approximate surface area is 120 Å². The summed E-state index contributed by atoms with van der Waals surface area (Å²) in [7, 11) is 0. The molecule has 0 N–H and O–H groups in total. The lowest BCUT2D eigenvalue weighted by atomic mass is 10.0. The minimum Gasteiger partial charge on any atom is -0.355 e. The number of anilines is 1. The fraction of sp³-hybridized carbons (Fsp3) is 0.615. The quantitative estimate of drug-likeness (QED) is 0.793. The third kappa shape index (κ3) is 2.07. The molecule has 0 saturated carbocycles. The topological polar surface area (TPSA) is 20.5 Å². The lowest BCUT2D eigenvalue weighted by molar-refractivity contribution is 0.529. The molecule has 1 fully saturated rings. The number of nitrogens with zero attached hydrogens (tertiary/aromatic N) is 3. The van der Waals surface area contributed by atoms with Crippen molar-refractivity contribution in [2.24, 2.45) is 5.92 Å². The van der Waals surface area contributed by atoms with Crippen LogP contribution in [0, 0.1) is 5.92 Å². The molecule has 1 saturated heterocycles. The summed E-state index contributed by atoms with van der Waals surface area (Å²) in [4.78, 5) is 8.38. The normalized spacial score (nSPS) is 20.1. The Morgan fingerprint density at radius 3 is 3.22 bits per heavy atom. The van der Waals surface area contributed by atoms with E-state index in [4.69, 9.17) is 4.98 Å². The van der Waals surface area contributed by atoms with Crippen molar-refractivity contribution in [2.45, 2.75) is 31.5 Å². The maximum atomic E-state index is 4.80. The van der Waals surface area contributed by atoms with Crippen LogP contribution in [0.15, 0.2) is 11.6 Å². The number of alkyl halides is 1. The second-order valence-electron chi connectivity index (χ2n) is 4.96. The van der Waals surface area contributed by atoms with Crippen molar-refractivity contribution in [3.05, 3.63) is 17.3 Å². The van der Waals surface area contributed by atoms with Gasteiger partial charge in [0.2, 0.25) is 0 Å². The standard InChI is InChI=1S/C13H18BrN3S/c1-2-3-10-4-5-16(9-10)12-11(8-14)17-6-7-18-13(17)15-12/h6-7,10H,2-5,8-9H2,1H3. The van der Waals surface area contributed by atoms with Crippen LogP contribution < -0.4 is 4.90 Å². The van der Waals surface area contributed by atoms with Crippen LogP contribution in [0.2, 0.25) is 0 Å². The molecule has 2 aromatic rings. The van der Waals surface area contributed by atoms with Crippen molar-refractivity contribution in [2.75, 3.05) is 18.0 Å². The molecule has 0 aromatic carbocycles. The average molecular weight is 328 g/mol. The lowest BCUT2D eigenvalue weighted by Crippen LogP contribution is -2.21. The fourth-order valence-electron chi connectivity index (χ4n) is 2.87. The van der Waals surface area contributed by atoms with E-state index in [1.165, 1.54) is 37.3 Å². The summed E-state index contributed by atoms with van der Waals surface area (Å²) < 4.78 is 2.21. The van der Waals surface area contributed by atoms with Crippen LogP contribution >= 0.6 is 27.3 Å². The molecule has 0 aliphatic carbocycles. The smallest absolute Gasteiger partial charge is 0.195 e. The molecule has 5 heteroatoms. The number of imidazole rings is 1. The van der Waals surface area contributed by atoms with Gasteiger partial charge in [-0.05, 0) is 18.8 Å². The Hall–Kier alpha value is -0.550. The molecule has 1 atom stereocenters. The van der Waals surface area contributed by atoms with Gasteiger partial charge in [-0.2, -0.15) is 0 Å². The Kier molecular flexibility index (Phi) is 3.61. The van der Waals surface area contributed by atoms with E-state index in [-0.39, 0.29) is 0 Å². The number of aromatic nitrogens is 2. The van der Waals surface area contributed by atoms with Crippen LogP contribution in [0.25, 0.3) is 4.96 Å². The van der Waals surface area contributed by atoms with E-state index in [0.29, 0.717) is 0 Å². The van der Waals surface area contributed by atoms with Gasteiger partial charge in [-0.1, -0.05) is 29.3 Å². The summed E-state index contributed by atoms with van der Waals surface area (Å²) in [6, 6.07) is 0. The van der Waals surface area contributed by atoms with Crippen LogP contribution in [0.1, 0.15) is 31.9 Å². The first-order valence-electron chi connectivity index (χ1n) is 6.58. The summed E-state index contributed by atoms with van der Waals surface area (Å²) in [5.41, 5.74) is 1.29. The number of halogens is 1. The molecule has 0 spiro atoms. The number of hydrogen-bond donors (Lipinski definition) is 0. The number of fused-ring (bicyclic) bond motifs is 1. The van der Waals surface area contributed by atoms with Gasteiger partial charge in [0.1, 0.15) is 0 Å². The van der Waals surface area contributed by atoms with Crippen molar-refractivity contribution < 1.29 is 0 Å². The average Bonchev–Trinajstić information content (AvgIpc) is 3.01. The first-order chi connectivity index (χ1) is 8.83. The largest absolute Gasteiger partial charge is 0.355 e. The fourth-order valence-corrected chi connectivity index (χ4v) is 4.12. The SMILES string of the molecule is CCCC1CCN(c2nc3sccn3c2CBr)C1. The van der Waals surface area contributed by atoms with Gasteiger partial charge in [0, 0.05) is 30.0 Å². The molecule has 0 radical (unpaired) electrons. The van der Waals surface area contributed by atoms with E-state index in [1.54, 1.807) is 11.3 Å². The summed E-state index contributed by atoms with van der Waals surface area (Å²) in [5.74, 6) is 2.05. The molecule has 0 bridgehead atoms. The maximum Gasteiger partial charge on any atom is 0.195 e. The third-order valence-electron chi connectivity index (χ3n) is 3.75. The van der Waals surface area contributed by atoms with Crippen LogP contribution in [0.5, 0.6) is 0 Å². The Bertz CT molecular complexity index is 533. The molecule has 1 aliphatic heterocycles. The zero-order valence-electron chi connectivity index (χ0n) is 10.6. The summed E-state index contributed by atoms with van der Waals surface area (Å²) >= 11 is 5.32. The Balaban J connectivity index is 1.88. The molecule has 1 aliphatic rings. The van der Waals surface area contributed by atoms with Gasteiger partial charge >= 0.3 is 0 Å². The van der Waals surface area contributed by atoms with Gasteiger partial charge in [-0.3, -0.25) is 4.40 Å². The minimum atomic E-state index is 0.859. The van der Waals surface area contributed by atoms with Crippen LogP contribution in [0.3, 0.4) is 0 Å². The molecule has 18 heavy (non-hydrogen) atoms. The maximum absolute atomic E-state index is 4.80. The van der Waals surface area contributed by atoms with Gasteiger partial charge in [-0.15, -0.1) is 11.3 Å². The Morgan fingerprint density at radius 2 is 2.44 bits per heavy atom. The number of rotatable bonds is 4. The highest BCUT2D eigenvalue weighted by molar-refractivity contribution is 9.08. The number of thiazole rings is 1. The zero-order chi connectivity index (χ0) is 12.5. The molecular formula is C13H18BrN3S. The highest BCUT2D eigenvalue weighted by atomic mass is 79.9. The van der Waals surface area contributed by atoms with Crippen molar-refractivity contribution in [1.82, 2.24) is 9.38 Å². The predicted molar refractivity (Wildman–Crippen MR) is 80.9 cm³/mol. The predicted octanol–water partition coefficient (Wildman–Crippen LogP) is 3.92. The molecule has 3 nitrogen and oxygen atoms in total. The van der Waals surface area contributed by atoms with E-state index < -0.39 is 0 Å². The van der Waals surface area contributed by atoms with Crippen molar-refractivity contribution in [1.29, 1.82) is 0 Å². The van der Waals surface area contributed by atoms with E-state index >= 15 is 0 Å². The van der Waals surface area contributed by atoms with E-state index in [9.17, 15) is 0 Å². The highest BCUT2D eigenvalue weighted by Crippen LogP contribution is 2.31. The van der Waals surface area contributed by atoms with E-state index in [1.807, 2.05) is 0 Å². The highest BCUT2D eigenvalue weighted by Gasteiger charge is 2.26. The lowest BCUT2D eigenvalue weighted by Gasteiger charge is -2.17. The molecule has 2 aromatic heterocycles. The first-order valence-corrected chi connectivity index (χ1v) is 8.59. The third-order valence-corrected chi connectivity index (χ3v) is 5.04. The summed E-state index contributed by atoms with van der Waals surface area (Å²) in [5, 5.41) is 2.97. The van der Waals surface area contributed by atoms with Crippen molar-refractivity contribution in [3.63, 3.8) is 0 Å². The van der Waals surface area contributed by atoms with Crippen molar-refractivity contribution in [3.8, 4) is 0 Å². The molecule has 3 heterocycles. The minimum absolute atomic E-state index is 0.859. The molecule has 3 rings (SSSR count). The van der Waals surface area contributed by atoms with E-state index in [0.717, 1.165) is 22.8 Å². The van der Waals surface area contributed by atoms with E-state index in [2.05, 4.69) is 43.7 Å². The molecular weight excluding hydrogens is 310 g/mol. The molecule has 0 amide bonds. The zero-order valence-corrected chi connectivity index (χ0v) is 13.0. The first kappa shape index (κ1) is 12.5. The van der Waals surface area contributed by atoms with Crippen LogP contribution in [0.4, 0.5) is 5.82 Å². The monoisotopic (exact) mass is 327 g/mol. The summed E-state index contributed by atoms with van der Waals surface area (Å²) in [6.45, 7) is 4.62. The van der Waals surface area contributed by atoms with Gasteiger partial charge in [0.15, 0.2) is 10.8 Å². The van der Waals surface area contributed by atoms with Crippen LogP contribution in [-0.4, -0.2) is 22.5 Å². The number of hydrogen-bond acceptors (Lipinski definition) is 3. The van der Waals surface area contributed by atoms with Crippen molar-refractivity contribution >= 4 is 38.0 Å². The molecule has 1 unspecified atom stereocenters. The van der Waals surface area contributed by atoms with Gasteiger partial charge in [-0.25, -0.2) is 4.98 Å².